The molecule has 0 aliphatic carbocycles. The first-order valence-corrected chi connectivity index (χ1v) is 5.84. The Hall–Kier alpha value is -1.68. The molecule has 0 spiro atoms. The second-order valence-corrected chi connectivity index (χ2v) is 4.43. The molecule has 0 fully saturated rings. The van der Waals surface area contributed by atoms with Crippen molar-refractivity contribution in [3.63, 3.8) is 0 Å². The van der Waals surface area contributed by atoms with Gasteiger partial charge < -0.3 is 9.88 Å². The highest BCUT2D eigenvalue weighted by atomic mass is 15.1. The lowest BCUT2D eigenvalue weighted by molar-refractivity contribution is 0.587. The van der Waals surface area contributed by atoms with E-state index in [4.69, 9.17) is 0 Å². The second kappa shape index (κ2) is 5.10. The first-order valence-electron chi connectivity index (χ1n) is 5.84. The Labute approximate surface area is 102 Å². The molecular weight excluding hydrogens is 212 g/mol. The Kier molecular flexibility index (Phi) is 3.54. The summed E-state index contributed by atoms with van der Waals surface area (Å²) in [6, 6.07) is 2.62. The van der Waals surface area contributed by atoms with E-state index in [2.05, 4.69) is 35.2 Å². The molecule has 0 bridgehead atoms. The van der Waals surface area contributed by atoms with Crippen molar-refractivity contribution in [3.8, 4) is 5.69 Å². The number of pyridine rings is 1. The molecule has 2 rings (SSSR count). The van der Waals surface area contributed by atoms with Gasteiger partial charge in [-0.1, -0.05) is 13.8 Å². The van der Waals surface area contributed by atoms with Gasteiger partial charge in [0.15, 0.2) is 0 Å². The predicted octanol–water partition coefficient (Wildman–Crippen LogP) is 2.07. The summed E-state index contributed by atoms with van der Waals surface area (Å²) in [4.78, 5) is 8.49. The first-order chi connectivity index (χ1) is 8.16. The van der Waals surface area contributed by atoms with Crippen molar-refractivity contribution in [2.75, 3.05) is 0 Å². The maximum atomic E-state index is 4.27. The molecule has 0 aromatic carbocycles. The van der Waals surface area contributed by atoms with Crippen molar-refractivity contribution in [2.45, 2.75) is 33.4 Å². The zero-order chi connectivity index (χ0) is 12.3. The second-order valence-electron chi connectivity index (χ2n) is 4.43. The molecule has 2 aromatic heterocycles. The standard InChI is InChI=1S/C13H18N4/c1-10(2)16-8-12-6-13(9-14-7-12)17-5-4-15-11(17)3/h4-7,9-10,16H,8H2,1-3H3. The van der Waals surface area contributed by atoms with E-state index in [1.54, 1.807) is 6.20 Å². The lowest BCUT2D eigenvalue weighted by Gasteiger charge is -2.10. The Balaban J connectivity index is 2.20. The van der Waals surface area contributed by atoms with Crippen LogP contribution in [0, 0.1) is 6.92 Å². The average Bonchev–Trinajstić information content (AvgIpc) is 2.73. The van der Waals surface area contributed by atoms with E-state index in [0.717, 1.165) is 18.1 Å². The maximum Gasteiger partial charge on any atom is 0.110 e. The van der Waals surface area contributed by atoms with Crippen LogP contribution in [0.25, 0.3) is 5.69 Å². The van der Waals surface area contributed by atoms with Crippen molar-refractivity contribution in [2.24, 2.45) is 0 Å². The minimum Gasteiger partial charge on any atom is -0.310 e. The van der Waals surface area contributed by atoms with Gasteiger partial charge in [0.1, 0.15) is 5.82 Å². The molecule has 2 aromatic rings. The molecule has 17 heavy (non-hydrogen) atoms. The molecule has 0 aliphatic heterocycles. The highest BCUT2D eigenvalue weighted by molar-refractivity contribution is 5.33. The third-order valence-corrected chi connectivity index (χ3v) is 2.60. The fourth-order valence-corrected chi connectivity index (χ4v) is 1.68. The molecule has 2 heterocycles. The summed E-state index contributed by atoms with van der Waals surface area (Å²) in [5.74, 6) is 0.973. The number of aryl methyl sites for hydroxylation is 1. The third-order valence-electron chi connectivity index (χ3n) is 2.60. The van der Waals surface area contributed by atoms with Crippen molar-refractivity contribution in [1.29, 1.82) is 0 Å². The van der Waals surface area contributed by atoms with Gasteiger partial charge in [0.25, 0.3) is 0 Å². The van der Waals surface area contributed by atoms with E-state index >= 15 is 0 Å². The van der Waals surface area contributed by atoms with Crippen molar-refractivity contribution in [1.82, 2.24) is 19.9 Å². The fourth-order valence-electron chi connectivity index (χ4n) is 1.68. The molecule has 4 nitrogen and oxygen atoms in total. The minimum absolute atomic E-state index is 0.480. The average molecular weight is 230 g/mol. The van der Waals surface area contributed by atoms with Crippen LogP contribution in [0.2, 0.25) is 0 Å². The lowest BCUT2D eigenvalue weighted by atomic mass is 10.2. The molecule has 90 valence electrons. The van der Waals surface area contributed by atoms with Crippen molar-refractivity contribution >= 4 is 0 Å². The number of hydrogen-bond acceptors (Lipinski definition) is 3. The van der Waals surface area contributed by atoms with Crippen LogP contribution in [0.15, 0.2) is 30.9 Å². The van der Waals surface area contributed by atoms with E-state index in [1.165, 1.54) is 5.56 Å². The minimum atomic E-state index is 0.480. The van der Waals surface area contributed by atoms with E-state index in [0.29, 0.717) is 6.04 Å². The molecule has 0 aliphatic rings. The fraction of sp³-hybridized carbons (Fsp3) is 0.385. The van der Waals surface area contributed by atoms with Crippen LogP contribution < -0.4 is 5.32 Å². The van der Waals surface area contributed by atoms with Gasteiger partial charge in [-0.3, -0.25) is 4.98 Å². The van der Waals surface area contributed by atoms with E-state index < -0.39 is 0 Å². The molecule has 0 unspecified atom stereocenters. The summed E-state index contributed by atoms with van der Waals surface area (Å²) >= 11 is 0. The maximum absolute atomic E-state index is 4.27. The summed E-state index contributed by atoms with van der Waals surface area (Å²) in [7, 11) is 0. The molecule has 0 atom stereocenters. The van der Waals surface area contributed by atoms with Gasteiger partial charge >= 0.3 is 0 Å². The third kappa shape index (κ3) is 2.91. The molecule has 0 radical (unpaired) electrons. The van der Waals surface area contributed by atoms with E-state index in [9.17, 15) is 0 Å². The summed E-state index contributed by atoms with van der Waals surface area (Å²) < 4.78 is 2.03. The van der Waals surface area contributed by atoms with Crippen molar-refractivity contribution in [3.05, 3.63) is 42.2 Å². The van der Waals surface area contributed by atoms with Gasteiger partial charge in [0, 0.05) is 31.2 Å². The number of nitrogens with one attached hydrogen (secondary N) is 1. The molecule has 0 saturated heterocycles. The molecule has 4 heteroatoms. The topological polar surface area (TPSA) is 42.7 Å². The summed E-state index contributed by atoms with van der Waals surface area (Å²) in [6.45, 7) is 7.10. The van der Waals surface area contributed by atoms with Crippen LogP contribution in [-0.2, 0) is 6.54 Å². The Morgan fingerprint density at radius 2 is 2.18 bits per heavy atom. The van der Waals surface area contributed by atoms with Crippen LogP contribution in [-0.4, -0.2) is 20.6 Å². The highest BCUT2D eigenvalue weighted by Gasteiger charge is 2.02. The quantitative estimate of drug-likeness (QED) is 0.874. The number of nitrogens with zero attached hydrogens (tertiary/aromatic N) is 3. The number of aromatic nitrogens is 3. The van der Waals surface area contributed by atoms with E-state index in [-0.39, 0.29) is 0 Å². The molecule has 0 amide bonds. The monoisotopic (exact) mass is 230 g/mol. The van der Waals surface area contributed by atoms with Gasteiger partial charge in [-0.15, -0.1) is 0 Å². The van der Waals surface area contributed by atoms with Crippen molar-refractivity contribution < 1.29 is 0 Å². The Morgan fingerprint density at radius 1 is 1.35 bits per heavy atom. The SMILES string of the molecule is Cc1nccn1-c1cncc(CNC(C)C)c1. The predicted molar refractivity (Wildman–Crippen MR) is 68.1 cm³/mol. The lowest BCUT2D eigenvalue weighted by Crippen LogP contribution is -2.21. The zero-order valence-electron chi connectivity index (χ0n) is 10.5. The van der Waals surface area contributed by atoms with Crippen LogP contribution in [0.1, 0.15) is 25.2 Å². The first kappa shape index (κ1) is 11.8. The summed E-state index contributed by atoms with van der Waals surface area (Å²) in [5.41, 5.74) is 2.24. The largest absolute Gasteiger partial charge is 0.310 e. The normalized spacial score (nSPS) is 11.1. The smallest absolute Gasteiger partial charge is 0.110 e. The zero-order valence-corrected chi connectivity index (χ0v) is 10.5. The van der Waals surface area contributed by atoms with Crippen LogP contribution in [0.4, 0.5) is 0 Å². The van der Waals surface area contributed by atoms with Gasteiger partial charge in [-0.2, -0.15) is 0 Å². The van der Waals surface area contributed by atoms with Gasteiger partial charge in [-0.05, 0) is 18.6 Å². The highest BCUT2D eigenvalue weighted by Crippen LogP contribution is 2.10. The van der Waals surface area contributed by atoms with Crippen LogP contribution in [0.5, 0.6) is 0 Å². The Bertz CT molecular complexity index is 488. The van der Waals surface area contributed by atoms with E-state index in [1.807, 2.05) is 30.1 Å². The Morgan fingerprint density at radius 3 is 2.82 bits per heavy atom. The van der Waals surface area contributed by atoms with Gasteiger partial charge in [0.2, 0.25) is 0 Å². The summed E-state index contributed by atoms with van der Waals surface area (Å²) in [6.07, 6.45) is 7.50. The van der Waals surface area contributed by atoms with Gasteiger partial charge in [-0.25, -0.2) is 4.98 Å². The van der Waals surface area contributed by atoms with Crippen LogP contribution >= 0.6 is 0 Å². The molecular formula is C13H18N4. The number of hydrogen-bond donors (Lipinski definition) is 1. The number of rotatable bonds is 4. The summed E-state index contributed by atoms with van der Waals surface area (Å²) in [5, 5.41) is 3.38. The molecule has 1 N–H and O–H groups in total. The number of imidazole rings is 1. The van der Waals surface area contributed by atoms with Gasteiger partial charge in [0.05, 0.1) is 11.9 Å². The molecule has 0 saturated carbocycles. The van der Waals surface area contributed by atoms with Crippen LogP contribution in [0.3, 0.4) is 0 Å².